The molecule has 1 aliphatic heterocycles. The van der Waals surface area contributed by atoms with Crippen LogP contribution < -0.4 is 15.2 Å². The minimum atomic E-state index is -0.804. The van der Waals surface area contributed by atoms with Crippen molar-refractivity contribution in [2.24, 2.45) is 5.73 Å². The molecule has 0 saturated carbocycles. The van der Waals surface area contributed by atoms with Crippen LogP contribution in [0.4, 0.5) is 0 Å². The molecule has 1 atom stereocenters. The number of nitrogens with two attached hydrogens (primary N) is 1. The number of rotatable bonds is 0. The van der Waals surface area contributed by atoms with Crippen LogP contribution >= 0.6 is 0 Å². The summed E-state index contributed by atoms with van der Waals surface area (Å²) in [7, 11) is 0. The molecule has 1 aromatic carbocycles. The summed E-state index contributed by atoms with van der Waals surface area (Å²) in [6.45, 7) is 5.66. The van der Waals surface area contributed by atoms with Gasteiger partial charge < -0.3 is 9.47 Å². The van der Waals surface area contributed by atoms with Crippen LogP contribution in [-0.4, -0.2) is 11.3 Å². The Morgan fingerprint density at radius 2 is 1.50 bits per heavy atom. The zero-order valence-corrected chi connectivity index (χ0v) is 8.70. The Labute approximate surface area is 83.8 Å². The number of hydrogen-bond donors (Lipinski definition) is 1. The lowest BCUT2D eigenvalue weighted by Crippen LogP contribution is -2.64. The zero-order chi connectivity index (χ0) is 10.4. The minimum Gasteiger partial charge on any atom is -0.478 e. The van der Waals surface area contributed by atoms with E-state index in [2.05, 4.69) is 0 Å². The molecule has 0 spiro atoms. The number of fused-ring (bicyclic) bond motifs is 1. The van der Waals surface area contributed by atoms with Gasteiger partial charge in [0.15, 0.2) is 22.8 Å². The maximum atomic E-state index is 6.02. The lowest BCUT2D eigenvalue weighted by molar-refractivity contribution is -0.107. The predicted octanol–water partition coefficient (Wildman–Crippen LogP) is 1.91. The Hall–Kier alpha value is -1.22. The summed E-state index contributed by atoms with van der Waals surface area (Å²) in [4.78, 5) is 0. The maximum Gasteiger partial charge on any atom is 0.195 e. The fourth-order valence-electron chi connectivity index (χ4n) is 1.35. The standard InChI is InChI=1S/C11H15NO2/c1-10(2)11(3,12)14-9-7-5-4-6-8(9)13-10/h4-7H,12H2,1-3H3. The molecule has 0 aliphatic carbocycles. The summed E-state index contributed by atoms with van der Waals surface area (Å²) in [6, 6.07) is 7.55. The molecular formula is C11H15NO2. The van der Waals surface area contributed by atoms with Gasteiger partial charge in [-0.3, -0.25) is 5.73 Å². The van der Waals surface area contributed by atoms with Gasteiger partial charge in [0.2, 0.25) is 0 Å². The molecule has 14 heavy (non-hydrogen) atoms. The lowest BCUT2D eigenvalue weighted by atomic mass is 9.95. The van der Waals surface area contributed by atoms with E-state index in [9.17, 15) is 0 Å². The Kier molecular flexibility index (Phi) is 1.76. The summed E-state index contributed by atoms with van der Waals surface area (Å²) < 4.78 is 11.5. The third-order valence-electron chi connectivity index (χ3n) is 2.73. The maximum absolute atomic E-state index is 6.02. The molecule has 0 saturated heterocycles. The molecule has 1 unspecified atom stereocenters. The Morgan fingerprint density at radius 3 is 2.07 bits per heavy atom. The average Bonchev–Trinajstić information content (AvgIpc) is 2.05. The molecule has 0 radical (unpaired) electrons. The largest absolute Gasteiger partial charge is 0.478 e. The van der Waals surface area contributed by atoms with Crippen LogP contribution in [0.1, 0.15) is 20.8 Å². The molecule has 2 rings (SSSR count). The van der Waals surface area contributed by atoms with Crippen LogP contribution in [0, 0.1) is 0 Å². The zero-order valence-electron chi connectivity index (χ0n) is 8.70. The highest BCUT2D eigenvalue weighted by Crippen LogP contribution is 2.40. The molecule has 3 heteroatoms. The predicted molar refractivity (Wildman–Crippen MR) is 54.4 cm³/mol. The molecular weight excluding hydrogens is 178 g/mol. The van der Waals surface area contributed by atoms with E-state index >= 15 is 0 Å². The van der Waals surface area contributed by atoms with Gasteiger partial charge in [-0.1, -0.05) is 12.1 Å². The molecule has 0 aromatic heterocycles. The van der Waals surface area contributed by atoms with Crippen molar-refractivity contribution in [1.82, 2.24) is 0 Å². The first kappa shape index (κ1) is 9.34. The highest BCUT2D eigenvalue weighted by molar-refractivity contribution is 5.42. The van der Waals surface area contributed by atoms with Crippen LogP contribution in [-0.2, 0) is 0 Å². The summed E-state index contributed by atoms with van der Waals surface area (Å²) in [5.41, 5.74) is 4.69. The van der Waals surface area contributed by atoms with Gasteiger partial charge >= 0.3 is 0 Å². The smallest absolute Gasteiger partial charge is 0.195 e. The molecule has 1 aliphatic rings. The van der Waals surface area contributed by atoms with Crippen molar-refractivity contribution in [3.8, 4) is 11.5 Å². The van der Waals surface area contributed by atoms with E-state index in [1.807, 2.05) is 45.0 Å². The van der Waals surface area contributed by atoms with Gasteiger partial charge in [-0.05, 0) is 32.9 Å². The van der Waals surface area contributed by atoms with E-state index in [0.29, 0.717) is 5.75 Å². The molecule has 2 N–H and O–H groups in total. The van der Waals surface area contributed by atoms with E-state index in [1.165, 1.54) is 0 Å². The molecule has 3 nitrogen and oxygen atoms in total. The van der Waals surface area contributed by atoms with E-state index in [-0.39, 0.29) is 0 Å². The monoisotopic (exact) mass is 193 g/mol. The third-order valence-corrected chi connectivity index (χ3v) is 2.73. The van der Waals surface area contributed by atoms with Crippen LogP contribution in [0.25, 0.3) is 0 Å². The van der Waals surface area contributed by atoms with Gasteiger partial charge in [-0.15, -0.1) is 0 Å². The highest BCUT2D eigenvalue weighted by atomic mass is 16.6. The molecule has 76 valence electrons. The number of benzene rings is 1. The van der Waals surface area contributed by atoms with Crippen molar-refractivity contribution in [3.63, 3.8) is 0 Å². The Morgan fingerprint density at radius 1 is 1.00 bits per heavy atom. The van der Waals surface area contributed by atoms with Crippen molar-refractivity contribution < 1.29 is 9.47 Å². The summed E-state index contributed by atoms with van der Waals surface area (Å²) in [6.07, 6.45) is 0. The van der Waals surface area contributed by atoms with Gasteiger partial charge in [0.25, 0.3) is 0 Å². The van der Waals surface area contributed by atoms with Crippen LogP contribution in [0.2, 0.25) is 0 Å². The van der Waals surface area contributed by atoms with Crippen LogP contribution in [0.3, 0.4) is 0 Å². The second-order valence-electron chi connectivity index (χ2n) is 4.27. The fraction of sp³-hybridized carbons (Fsp3) is 0.455. The number of hydrogen-bond acceptors (Lipinski definition) is 3. The van der Waals surface area contributed by atoms with Gasteiger partial charge in [0.05, 0.1) is 0 Å². The first-order valence-corrected chi connectivity index (χ1v) is 4.68. The molecule has 1 heterocycles. The van der Waals surface area contributed by atoms with Gasteiger partial charge in [-0.2, -0.15) is 0 Å². The number of ether oxygens (including phenoxy) is 2. The first-order chi connectivity index (χ1) is 6.42. The van der Waals surface area contributed by atoms with Gasteiger partial charge in [-0.25, -0.2) is 0 Å². The fourth-order valence-corrected chi connectivity index (χ4v) is 1.35. The second kappa shape index (κ2) is 2.64. The summed E-state index contributed by atoms with van der Waals surface area (Å²) in [5, 5.41) is 0. The second-order valence-corrected chi connectivity index (χ2v) is 4.27. The number of para-hydroxylation sites is 2. The SMILES string of the molecule is CC1(C)Oc2ccccc2OC1(C)N. The first-order valence-electron chi connectivity index (χ1n) is 4.68. The van der Waals surface area contributed by atoms with E-state index < -0.39 is 11.3 Å². The normalized spacial score (nSPS) is 28.6. The Bertz CT molecular complexity index is 323. The molecule has 0 amide bonds. The lowest BCUT2D eigenvalue weighted by Gasteiger charge is -2.45. The highest BCUT2D eigenvalue weighted by Gasteiger charge is 2.46. The van der Waals surface area contributed by atoms with E-state index in [4.69, 9.17) is 15.2 Å². The Balaban J connectivity index is 2.46. The van der Waals surface area contributed by atoms with E-state index in [1.54, 1.807) is 0 Å². The minimum absolute atomic E-state index is 0.526. The van der Waals surface area contributed by atoms with Crippen LogP contribution in [0.5, 0.6) is 11.5 Å². The van der Waals surface area contributed by atoms with Crippen molar-refractivity contribution in [1.29, 1.82) is 0 Å². The summed E-state index contributed by atoms with van der Waals surface area (Å²) in [5.74, 6) is 1.46. The topological polar surface area (TPSA) is 44.5 Å². The quantitative estimate of drug-likeness (QED) is 0.684. The van der Waals surface area contributed by atoms with Gasteiger partial charge in [0, 0.05) is 0 Å². The van der Waals surface area contributed by atoms with Crippen molar-refractivity contribution in [2.75, 3.05) is 0 Å². The molecule has 0 bridgehead atoms. The van der Waals surface area contributed by atoms with E-state index in [0.717, 1.165) is 5.75 Å². The van der Waals surface area contributed by atoms with Crippen molar-refractivity contribution >= 4 is 0 Å². The van der Waals surface area contributed by atoms with Gasteiger partial charge in [0.1, 0.15) is 0 Å². The average molecular weight is 193 g/mol. The molecule has 1 aromatic rings. The van der Waals surface area contributed by atoms with Crippen molar-refractivity contribution in [3.05, 3.63) is 24.3 Å². The van der Waals surface area contributed by atoms with Crippen LogP contribution in [0.15, 0.2) is 24.3 Å². The molecule has 0 fully saturated rings. The van der Waals surface area contributed by atoms with Crippen molar-refractivity contribution in [2.45, 2.75) is 32.1 Å². The summed E-state index contributed by atoms with van der Waals surface area (Å²) >= 11 is 0. The third kappa shape index (κ3) is 1.24.